The standard InChI is InChI=1S/C15H22BrClN2O/c16-15-3-2-13(17)10-12(15)11-19-7-4-14(5-8-19)20-9-1-6-18/h2-3,10,14H,1,4-9,11,18H2. The molecule has 3 nitrogen and oxygen atoms in total. The van der Waals surface area contributed by atoms with Gasteiger partial charge in [-0.25, -0.2) is 0 Å². The minimum absolute atomic E-state index is 0.403. The van der Waals surface area contributed by atoms with Crippen molar-refractivity contribution in [2.75, 3.05) is 26.2 Å². The van der Waals surface area contributed by atoms with Crippen molar-refractivity contribution >= 4 is 27.5 Å². The van der Waals surface area contributed by atoms with E-state index in [1.807, 2.05) is 18.2 Å². The Morgan fingerprint density at radius 2 is 2.10 bits per heavy atom. The van der Waals surface area contributed by atoms with Crippen molar-refractivity contribution in [1.29, 1.82) is 0 Å². The van der Waals surface area contributed by atoms with Crippen molar-refractivity contribution in [1.82, 2.24) is 4.90 Å². The van der Waals surface area contributed by atoms with Crippen molar-refractivity contribution in [3.05, 3.63) is 33.3 Å². The van der Waals surface area contributed by atoms with Gasteiger partial charge >= 0.3 is 0 Å². The van der Waals surface area contributed by atoms with E-state index in [1.54, 1.807) is 0 Å². The van der Waals surface area contributed by atoms with E-state index in [0.29, 0.717) is 12.6 Å². The topological polar surface area (TPSA) is 38.5 Å². The van der Waals surface area contributed by atoms with Crippen LogP contribution in [-0.4, -0.2) is 37.2 Å². The minimum atomic E-state index is 0.403. The summed E-state index contributed by atoms with van der Waals surface area (Å²) >= 11 is 9.65. The van der Waals surface area contributed by atoms with Gasteiger partial charge in [0, 0.05) is 35.7 Å². The molecule has 0 amide bonds. The lowest BCUT2D eigenvalue weighted by Gasteiger charge is -2.32. The van der Waals surface area contributed by atoms with Gasteiger partial charge < -0.3 is 10.5 Å². The van der Waals surface area contributed by atoms with Crippen LogP contribution in [0.5, 0.6) is 0 Å². The number of halogens is 2. The molecule has 0 saturated carbocycles. The molecule has 1 heterocycles. The van der Waals surface area contributed by atoms with Crippen molar-refractivity contribution < 1.29 is 4.74 Å². The summed E-state index contributed by atoms with van der Waals surface area (Å²) in [5.41, 5.74) is 6.73. The molecule has 0 spiro atoms. The molecule has 0 atom stereocenters. The predicted octanol–water partition coefficient (Wildman–Crippen LogP) is 3.43. The molecular formula is C15H22BrClN2O. The van der Waals surface area contributed by atoms with E-state index in [2.05, 4.69) is 20.8 Å². The van der Waals surface area contributed by atoms with E-state index in [-0.39, 0.29) is 0 Å². The third kappa shape index (κ3) is 5.01. The number of rotatable bonds is 6. The Hall–Kier alpha value is -0.130. The number of hydrogen-bond donors (Lipinski definition) is 1. The van der Waals surface area contributed by atoms with E-state index in [9.17, 15) is 0 Å². The fourth-order valence-electron chi connectivity index (χ4n) is 2.47. The van der Waals surface area contributed by atoms with Crippen LogP contribution >= 0.6 is 27.5 Å². The second-order valence-corrected chi connectivity index (χ2v) is 6.52. The third-order valence-corrected chi connectivity index (χ3v) is 4.65. The molecule has 2 rings (SSSR count). The molecule has 0 bridgehead atoms. The molecule has 20 heavy (non-hydrogen) atoms. The Bertz CT molecular complexity index is 422. The van der Waals surface area contributed by atoms with Gasteiger partial charge in [0.05, 0.1) is 6.10 Å². The molecular weight excluding hydrogens is 340 g/mol. The number of piperidine rings is 1. The summed E-state index contributed by atoms with van der Waals surface area (Å²) in [4.78, 5) is 2.46. The summed E-state index contributed by atoms with van der Waals surface area (Å²) in [6.07, 6.45) is 3.56. The van der Waals surface area contributed by atoms with Crippen molar-refractivity contribution in [3.8, 4) is 0 Å². The van der Waals surface area contributed by atoms with Crippen LogP contribution in [0.25, 0.3) is 0 Å². The van der Waals surface area contributed by atoms with Gasteiger partial charge in [-0.05, 0) is 49.6 Å². The van der Waals surface area contributed by atoms with Crippen LogP contribution in [0.2, 0.25) is 5.02 Å². The normalized spacial score (nSPS) is 17.6. The van der Waals surface area contributed by atoms with Crippen LogP contribution in [0, 0.1) is 0 Å². The number of hydrogen-bond acceptors (Lipinski definition) is 3. The lowest BCUT2D eigenvalue weighted by atomic mass is 10.1. The largest absolute Gasteiger partial charge is 0.378 e. The van der Waals surface area contributed by atoms with E-state index in [1.165, 1.54) is 5.56 Å². The molecule has 1 saturated heterocycles. The fraction of sp³-hybridized carbons (Fsp3) is 0.600. The molecule has 1 aliphatic heterocycles. The second kappa shape index (κ2) is 8.35. The van der Waals surface area contributed by atoms with Crippen LogP contribution in [0.3, 0.4) is 0 Å². The maximum Gasteiger partial charge on any atom is 0.0599 e. The summed E-state index contributed by atoms with van der Waals surface area (Å²) in [5.74, 6) is 0. The first-order chi connectivity index (χ1) is 9.69. The van der Waals surface area contributed by atoms with E-state index in [4.69, 9.17) is 22.1 Å². The predicted molar refractivity (Wildman–Crippen MR) is 87.1 cm³/mol. The monoisotopic (exact) mass is 360 g/mol. The summed E-state index contributed by atoms with van der Waals surface area (Å²) in [7, 11) is 0. The quantitative estimate of drug-likeness (QED) is 0.789. The molecule has 0 radical (unpaired) electrons. The second-order valence-electron chi connectivity index (χ2n) is 5.22. The zero-order valence-corrected chi connectivity index (χ0v) is 14.0. The molecule has 2 N–H and O–H groups in total. The molecule has 5 heteroatoms. The van der Waals surface area contributed by atoms with Gasteiger partial charge in [-0.15, -0.1) is 0 Å². The van der Waals surface area contributed by atoms with Gasteiger partial charge in [-0.1, -0.05) is 27.5 Å². The van der Waals surface area contributed by atoms with Crippen LogP contribution in [0.15, 0.2) is 22.7 Å². The summed E-state index contributed by atoms with van der Waals surface area (Å²) < 4.78 is 6.96. The maximum absolute atomic E-state index is 6.06. The number of likely N-dealkylation sites (tertiary alicyclic amines) is 1. The van der Waals surface area contributed by atoms with E-state index >= 15 is 0 Å². The molecule has 0 unspecified atom stereocenters. The van der Waals surface area contributed by atoms with E-state index in [0.717, 1.165) is 55.0 Å². The first-order valence-corrected chi connectivity index (χ1v) is 8.34. The van der Waals surface area contributed by atoms with Crippen LogP contribution in [-0.2, 0) is 11.3 Å². The Kier molecular flexibility index (Phi) is 6.78. The smallest absolute Gasteiger partial charge is 0.0599 e. The van der Waals surface area contributed by atoms with Crippen LogP contribution in [0.4, 0.5) is 0 Å². The molecule has 1 aromatic carbocycles. The highest BCUT2D eigenvalue weighted by molar-refractivity contribution is 9.10. The van der Waals surface area contributed by atoms with Crippen LogP contribution in [0.1, 0.15) is 24.8 Å². The molecule has 0 aliphatic carbocycles. The SMILES string of the molecule is NCCCOC1CCN(Cc2cc(Cl)ccc2Br)CC1. The van der Waals surface area contributed by atoms with Gasteiger partial charge in [0.2, 0.25) is 0 Å². The van der Waals surface area contributed by atoms with Gasteiger partial charge in [0.25, 0.3) is 0 Å². The summed E-state index contributed by atoms with van der Waals surface area (Å²) in [6, 6.07) is 5.96. The Morgan fingerprint density at radius 3 is 2.80 bits per heavy atom. The van der Waals surface area contributed by atoms with Crippen molar-refractivity contribution in [2.24, 2.45) is 5.73 Å². The number of nitrogens with zero attached hydrogens (tertiary/aromatic N) is 1. The highest BCUT2D eigenvalue weighted by atomic mass is 79.9. The number of ether oxygens (including phenoxy) is 1. The zero-order chi connectivity index (χ0) is 14.4. The molecule has 1 aromatic rings. The molecule has 1 aliphatic rings. The lowest BCUT2D eigenvalue weighted by Crippen LogP contribution is -2.36. The molecule has 0 aromatic heterocycles. The van der Waals surface area contributed by atoms with E-state index < -0.39 is 0 Å². The zero-order valence-electron chi connectivity index (χ0n) is 11.7. The highest BCUT2D eigenvalue weighted by Crippen LogP contribution is 2.24. The van der Waals surface area contributed by atoms with Gasteiger partial charge in [-0.3, -0.25) is 4.90 Å². The van der Waals surface area contributed by atoms with Crippen molar-refractivity contribution in [3.63, 3.8) is 0 Å². The summed E-state index contributed by atoms with van der Waals surface area (Å²) in [5, 5.41) is 0.795. The van der Waals surface area contributed by atoms with Crippen LogP contribution < -0.4 is 5.73 Å². The molecule has 112 valence electrons. The highest BCUT2D eigenvalue weighted by Gasteiger charge is 2.20. The lowest BCUT2D eigenvalue weighted by molar-refractivity contribution is 0.00560. The van der Waals surface area contributed by atoms with Crippen molar-refractivity contribution in [2.45, 2.75) is 31.9 Å². The summed E-state index contributed by atoms with van der Waals surface area (Å²) in [6.45, 7) is 4.60. The van der Waals surface area contributed by atoms with Gasteiger partial charge in [0.15, 0.2) is 0 Å². The third-order valence-electron chi connectivity index (χ3n) is 3.64. The Balaban J connectivity index is 1.78. The molecule has 1 fully saturated rings. The number of nitrogens with two attached hydrogens (primary N) is 1. The Morgan fingerprint density at radius 1 is 1.35 bits per heavy atom. The maximum atomic E-state index is 6.06. The van der Waals surface area contributed by atoms with Gasteiger partial charge in [-0.2, -0.15) is 0 Å². The average Bonchev–Trinajstić information content (AvgIpc) is 2.45. The van der Waals surface area contributed by atoms with Gasteiger partial charge in [0.1, 0.15) is 0 Å². The first kappa shape index (κ1) is 16.2. The number of benzene rings is 1. The average molecular weight is 362 g/mol. The minimum Gasteiger partial charge on any atom is -0.378 e. The fourth-order valence-corrected chi connectivity index (χ4v) is 3.04. The Labute approximate surface area is 134 Å². The first-order valence-electron chi connectivity index (χ1n) is 7.17.